The molecule has 0 bridgehead atoms. The van der Waals surface area contributed by atoms with Crippen LogP contribution in [0.2, 0.25) is 19.6 Å². The van der Waals surface area contributed by atoms with E-state index < -0.39 is 8.32 Å². The van der Waals surface area contributed by atoms with Crippen LogP contribution in [0.15, 0.2) is 41.8 Å². The lowest BCUT2D eigenvalue weighted by molar-refractivity contribution is 0.243. The minimum absolute atomic E-state index is 0.146. The fourth-order valence-electron chi connectivity index (χ4n) is 1.75. The van der Waals surface area contributed by atoms with Crippen molar-refractivity contribution >= 4 is 19.7 Å². The van der Waals surface area contributed by atoms with Gasteiger partial charge in [0.15, 0.2) is 8.32 Å². The summed E-state index contributed by atoms with van der Waals surface area (Å²) in [5, 5.41) is 2.02. The van der Waals surface area contributed by atoms with Gasteiger partial charge in [-0.15, -0.1) is 11.3 Å². The molecule has 0 radical (unpaired) electrons. The monoisotopic (exact) mass is 280 g/mol. The molecule has 0 saturated carbocycles. The van der Waals surface area contributed by atoms with Crippen molar-refractivity contribution in [2.75, 3.05) is 0 Å². The van der Waals surface area contributed by atoms with Crippen molar-refractivity contribution in [2.45, 2.75) is 25.7 Å². The van der Waals surface area contributed by atoms with Gasteiger partial charge in [-0.25, -0.2) is 4.39 Å². The number of rotatable bonds is 4. The molecule has 1 nitrogen and oxygen atoms in total. The Kier molecular flexibility index (Phi) is 3.99. The Labute approximate surface area is 112 Å². The van der Waals surface area contributed by atoms with Crippen molar-refractivity contribution in [1.29, 1.82) is 0 Å². The zero-order valence-corrected chi connectivity index (χ0v) is 12.6. The van der Waals surface area contributed by atoms with Gasteiger partial charge in [-0.05, 0) is 48.8 Å². The Bertz CT molecular complexity index is 505. The van der Waals surface area contributed by atoms with Crippen LogP contribution in [0.5, 0.6) is 0 Å². The number of hydrogen-bond donors (Lipinski definition) is 0. The molecule has 18 heavy (non-hydrogen) atoms. The van der Waals surface area contributed by atoms with E-state index in [2.05, 4.69) is 19.6 Å². The van der Waals surface area contributed by atoms with E-state index in [4.69, 9.17) is 4.43 Å². The quantitative estimate of drug-likeness (QED) is 0.729. The second-order valence-corrected chi connectivity index (χ2v) is 10.6. The van der Waals surface area contributed by atoms with Gasteiger partial charge in [0.1, 0.15) is 11.9 Å². The van der Waals surface area contributed by atoms with Crippen LogP contribution in [0.25, 0.3) is 0 Å². The Hall–Kier alpha value is -0.973. The van der Waals surface area contributed by atoms with E-state index >= 15 is 0 Å². The van der Waals surface area contributed by atoms with Gasteiger partial charge in [-0.3, -0.25) is 0 Å². The van der Waals surface area contributed by atoms with E-state index in [0.29, 0.717) is 0 Å². The summed E-state index contributed by atoms with van der Waals surface area (Å²) < 4.78 is 19.6. The van der Waals surface area contributed by atoms with E-state index in [-0.39, 0.29) is 11.9 Å². The van der Waals surface area contributed by atoms with Gasteiger partial charge in [0.05, 0.1) is 0 Å². The van der Waals surface area contributed by atoms with Crippen molar-refractivity contribution < 1.29 is 8.82 Å². The summed E-state index contributed by atoms with van der Waals surface area (Å²) in [7, 11) is -1.69. The van der Waals surface area contributed by atoms with Crippen LogP contribution in [-0.2, 0) is 4.43 Å². The molecule has 96 valence electrons. The van der Waals surface area contributed by atoms with Crippen molar-refractivity contribution in [3.05, 3.63) is 58.0 Å². The summed E-state index contributed by atoms with van der Waals surface area (Å²) in [5.41, 5.74) is 0.889. The summed E-state index contributed by atoms with van der Waals surface area (Å²) in [6.45, 7) is 6.44. The molecule has 1 aromatic heterocycles. The Morgan fingerprint density at radius 3 is 2.50 bits per heavy atom. The smallest absolute Gasteiger partial charge is 0.185 e. The lowest BCUT2D eigenvalue weighted by Crippen LogP contribution is -2.28. The number of benzene rings is 1. The van der Waals surface area contributed by atoms with E-state index in [9.17, 15) is 4.39 Å². The molecule has 1 unspecified atom stereocenters. The maximum atomic E-state index is 13.4. The molecule has 0 aliphatic carbocycles. The fourth-order valence-corrected chi connectivity index (χ4v) is 3.59. The lowest BCUT2D eigenvalue weighted by Gasteiger charge is -2.26. The highest BCUT2D eigenvalue weighted by Gasteiger charge is 2.24. The first kappa shape index (κ1) is 13.5. The highest BCUT2D eigenvalue weighted by molar-refractivity contribution is 7.10. The van der Waals surface area contributed by atoms with Gasteiger partial charge >= 0.3 is 0 Å². The normalized spacial score (nSPS) is 13.6. The number of halogens is 1. The maximum Gasteiger partial charge on any atom is 0.185 e. The maximum absolute atomic E-state index is 13.4. The van der Waals surface area contributed by atoms with Gasteiger partial charge < -0.3 is 4.43 Å². The third-order valence-corrected chi connectivity index (χ3v) is 4.28. The van der Waals surface area contributed by atoms with Crippen molar-refractivity contribution in [2.24, 2.45) is 0 Å². The Morgan fingerprint density at radius 1 is 1.17 bits per heavy atom. The topological polar surface area (TPSA) is 9.23 Å². The molecule has 2 aromatic rings. The average molecular weight is 280 g/mol. The fraction of sp³-hybridized carbons (Fsp3) is 0.286. The second-order valence-electron chi connectivity index (χ2n) is 5.18. The molecule has 0 fully saturated rings. The van der Waals surface area contributed by atoms with Crippen molar-refractivity contribution in [3.8, 4) is 0 Å². The van der Waals surface area contributed by atoms with Gasteiger partial charge in [-0.2, -0.15) is 0 Å². The highest BCUT2D eigenvalue weighted by atomic mass is 32.1. The molecule has 0 aliphatic heterocycles. The van der Waals surface area contributed by atoms with Crippen molar-refractivity contribution in [3.63, 3.8) is 0 Å². The van der Waals surface area contributed by atoms with E-state index in [1.807, 2.05) is 23.6 Å². The van der Waals surface area contributed by atoms with Crippen LogP contribution >= 0.6 is 11.3 Å². The van der Waals surface area contributed by atoms with Crippen LogP contribution < -0.4 is 0 Å². The first-order valence-corrected chi connectivity index (χ1v) is 10.2. The first-order chi connectivity index (χ1) is 8.46. The molecule has 1 heterocycles. The lowest BCUT2D eigenvalue weighted by atomic mass is 10.1. The minimum atomic E-state index is -1.69. The minimum Gasteiger partial charge on any atom is -0.406 e. The Balaban J connectivity index is 2.36. The number of thiophene rings is 1. The van der Waals surface area contributed by atoms with E-state index in [1.165, 1.54) is 6.07 Å². The molecule has 0 spiro atoms. The van der Waals surface area contributed by atoms with Gasteiger partial charge in [-0.1, -0.05) is 18.2 Å². The van der Waals surface area contributed by atoms with E-state index in [0.717, 1.165) is 10.4 Å². The van der Waals surface area contributed by atoms with Crippen LogP contribution in [-0.4, -0.2) is 8.32 Å². The SMILES string of the molecule is C[Si](C)(C)OC(c1cccc(F)c1)c1cccs1. The zero-order valence-electron chi connectivity index (χ0n) is 10.8. The number of hydrogen-bond acceptors (Lipinski definition) is 2. The van der Waals surface area contributed by atoms with Gasteiger partial charge in [0.2, 0.25) is 0 Å². The molecule has 0 N–H and O–H groups in total. The largest absolute Gasteiger partial charge is 0.406 e. The van der Waals surface area contributed by atoms with Crippen molar-refractivity contribution in [1.82, 2.24) is 0 Å². The summed E-state index contributed by atoms with van der Waals surface area (Å²) in [6.07, 6.45) is -0.146. The molecule has 1 atom stereocenters. The standard InChI is InChI=1S/C14H17FOSSi/c1-18(2,3)16-14(13-8-5-9-17-13)11-6-4-7-12(15)10-11/h4-10,14H,1-3H3. The van der Waals surface area contributed by atoms with Gasteiger partial charge in [0.25, 0.3) is 0 Å². The second kappa shape index (κ2) is 5.34. The Morgan fingerprint density at radius 2 is 1.94 bits per heavy atom. The molecule has 0 saturated heterocycles. The molecule has 0 amide bonds. The molecule has 4 heteroatoms. The van der Waals surface area contributed by atoms with E-state index in [1.54, 1.807) is 23.5 Å². The summed E-state index contributed by atoms with van der Waals surface area (Å²) in [4.78, 5) is 1.13. The summed E-state index contributed by atoms with van der Waals surface area (Å²) in [6, 6.07) is 10.7. The average Bonchev–Trinajstić information content (AvgIpc) is 2.78. The highest BCUT2D eigenvalue weighted by Crippen LogP contribution is 2.32. The van der Waals surface area contributed by atoms with Gasteiger partial charge in [0, 0.05) is 4.88 Å². The zero-order chi connectivity index (χ0) is 13.2. The first-order valence-electron chi connectivity index (χ1n) is 5.92. The molecular weight excluding hydrogens is 263 g/mol. The molecular formula is C14H17FOSSi. The third-order valence-electron chi connectivity index (χ3n) is 2.42. The van der Waals surface area contributed by atoms with Crippen LogP contribution in [0.3, 0.4) is 0 Å². The van der Waals surface area contributed by atoms with Crippen LogP contribution in [0.1, 0.15) is 16.5 Å². The molecule has 2 rings (SSSR count). The third kappa shape index (κ3) is 3.51. The summed E-state index contributed by atoms with van der Waals surface area (Å²) >= 11 is 1.65. The summed E-state index contributed by atoms with van der Waals surface area (Å²) in [5.74, 6) is -0.215. The van der Waals surface area contributed by atoms with Crippen LogP contribution in [0, 0.1) is 5.82 Å². The predicted molar refractivity (Wildman–Crippen MR) is 77.0 cm³/mol. The molecule has 1 aromatic carbocycles. The molecule has 0 aliphatic rings. The predicted octanol–water partition coefficient (Wildman–Crippen LogP) is 4.83. The van der Waals surface area contributed by atoms with Crippen LogP contribution in [0.4, 0.5) is 4.39 Å².